The lowest BCUT2D eigenvalue weighted by Gasteiger charge is -2.13. The van der Waals surface area contributed by atoms with Crippen LogP contribution in [0.5, 0.6) is 0 Å². The first-order chi connectivity index (χ1) is 16.6. The molecule has 1 amide bonds. The fourth-order valence-corrected chi connectivity index (χ4v) is 3.32. The molecule has 0 unspecified atom stereocenters. The van der Waals surface area contributed by atoms with Crippen LogP contribution in [-0.2, 0) is 4.79 Å². The van der Waals surface area contributed by atoms with E-state index in [0.717, 1.165) is 28.1 Å². The summed E-state index contributed by atoms with van der Waals surface area (Å²) in [5.41, 5.74) is 5.13. The van der Waals surface area contributed by atoms with Crippen LogP contribution in [0.1, 0.15) is 11.1 Å². The van der Waals surface area contributed by atoms with Gasteiger partial charge < -0.3 is 10.6 Å². The standard InChI is InChI=1S/C26H22N6OS/c1-18-9-11-21(29-26(34)32-24(33)12-10-19-6-3-2-4-7-19)16-23(18)31-25-28-15-13-22(30-25)20-8-5-14-27-17-20/h2-17H,1H3,(H,28,30,31)(H2,29,32,33,34)/b12-10+. The molecule has 4 aromatic rings. The molecule has 0 fully saturated rings. The maximum atomic E-state index is 12.2. The highest BCUT2D eigenvalue weighted by molar-refractivity contribution is 7.80. The minimum Gasteiger partial charge on any atom is -0.332 e. The Labute approximate surface area is 203 Å². The van der Waals surface area contributed by atoms with Crippen molar-refractivity contribution in [3.63, 3.8) is 0 Å². The zero-order valence-electron chi connectivity index (χ0n) is 18.4. The highest BCUT2D eigenvalue weighted by Gasteiger charge is 2.07. The van der Waals surface area contributed by atoms with Gasteiger partial charge in [0.15, 0.2) is 5.11 Å². The van der Waals surface area contributed by atoms with E-state index in [9.17, 15) is 4.79 Å². The topological polar surface area (TPSA) is 91.8 Å². The Morgan fingerprint density at radius 2 is 1.85 bits per heavy atom. The first kappa shape index (κ1) is 22.8. The van der Waals surface area contributed by atoms with Crippen LogP contribution in [0.25, 0.3) is 17.3 Å². The number of carbonyl (C=O) groups is 1. The Morgan fingerprint density at radius 3 is 2.65 bits per heavy atom. The number of thiocarbonyl (C=S) groups is 1. The van der Waals surface area contributed by atoms with E-state index in [4.69, 9.17) is 12.2 Å². The quantitative estimate of drug-likeness (QED) is 0.268. The van der Waals surface area contributed by atoms with Gasteiger partial charge in [0.2, 0.25) is 11.9 Å². The minimum atomic E-state index is -0.313. The average Bonchev–Trinajstić information content (AvgIpc) is 2.86. The summed E-state index contributed by atoms with van der Waals surface area (Å²) in [7, 11) is 0. The first-order valence-corrected chi connectivity index (χ1v) is 10.9. The number of hydrogen-bond acceptors (Lipinski definition) is 6. The largest absolute Gasteiger partial charge is 0.332 e. The normalized spacial score (nSPS) is 10.6. The smallest absolute Gasteiger partial charge is 0.250 e. The van der Waals surface area contributed by atoms with Crippen molar-refractivity contribution in [1.29, 1.82) is 0 Å². The van der Waals surface area contributed by atoms with Gasteiger partial charge >= 0.3 is 0 Å². The van der Waals surface area contributed by atoms with E-state index in [-0.39, 0.29) is 11.0 Å². The Morgan fingerprint density at radius 1 is 1.00 bits per heavy atom. The molecule has 3 N–H and O–H groups in total. The van der Waals surface area contributed by atoms with Gasteiger partial charge in [-0.3, -0.25) is 15.1 Å². The van der Waals surface area contributed by atoms with Gasteiger partial charge in [-0.05, 0) is 66.7 Å². The van der Waals surface area contributed by atoms with E-state index in [2.05, 4.69) is 30.9 Å². The van der Waals surface area contributed by atoms with Crippen LogP contribution in [-0.4, -0.2) is 26.0 Å². The second kappa shape index (κ2) is 10.9. The van der Waals surface area contributed by atoms with Crippen molar-refractivity contribution < 1.29 is 4.79 Å². The number of anilines is 3. The molecular weight excluding hydrogens is 444 g/mol. The van der Waals surface area contributed by atoms with Crippen LogP contribution in [0.4, 0.5) is 17.3 Å². The molecule has 7 nitrogen and oxygen atoms in total. The molecule has 4 rings (SSSR count). The number of benzene rings is 2. The second-order valence-corrected chi connectivity index (χ2v) is 7.76. The number of nitrogens with one attached hydrogen (secondary N) is 3. The number of carbonyl (C=O) groups excluding carboxylic acids is 1. The lowest BCUT2D eigenvalue weighted by molar-refractivity contribution is -0.115. The van der Waals surface area contributed by atoms with Crippen LogP contribution in [0.15, 0.2) is 91.4 Å². The van der Waals surface area contributed by atoms with Gasteiger partial charge in [-0.25, -0.2) is 9.97 Å². The molecule has 0 saturated heterocycles. The van der Waals surface area contributed by atoms with Crippen molar-refractivity contribution in [2.75, 3.05) is 10.6 Å². The van der Waals surface area contributed by atoms with Crippen LogP contribution in [0.2, 0.25) is 0 Å². The van der Waals surface area contributed by atoms with Gasteiger partial charge in [0, 0.05) is 41.6 Å². The van der Waals surface area contributed by atoms with Crippen LogP contribution in [0.3, 0.4) is 0 Å². The summed E-state index contributed by atoms with van der Waals surface area (Å²) in [5, 5.41) is 9.14. The van der Waals surface area contributed by atoms with Gasteiger partial charge in [0.25, 0.3) is 0 Å². The highest BCUT2D eigenvalue weighted by atomic mass is 32.1. The molecule has 0 atom stereocenters. The van der Waals surface area contributed by atoms with E-state index in [1.165, 1.54) is 6.08 Å². The third kappa shape index (κ3) is 6.30. The lowest BCUT2D eigenvalue weighted by Crippen LogP contribution is -2.32. The predicted octanol–water partition coefficient (Wildman–Crippen LogP) is 5.12. The van der Waals surface area contributed by atoms with Crippen molar-refractivity contribution in [2.24, 2.45) is 0 Å². The van der Waals surface area contributed by atoms with E-state index >= 15 is 0 Å². The summed E-state index contributed by atoms with van der Waals surface area (Å²) in [6.45, 7) is 1.98. The van der Waals surface area contributed by atoms with E-state index in [1.807, 2.05) is 73.7 Å². The third-order valence-corrected chi connectivity index (χ3v) is 5.02. The van der Waals surface area contributed by atoms with Crippen molar-refractivity contribution in [2.45, 2.75) is 6.92 Å². The maximum absolute atomic E-state index is 12.2. The molecule has 2 aromatic heterocycles. The van der Waals surface area contributed by atoms with E-state index in [0.29, 0.717) is 11.6 Å². The minimum absolute atomic E-state index is 0.201. The number of amides is 1. The maximum Gasteiger partial charge on any atom is 0.250 e. The summed E-state index contributed by atoms with van der Waals surface area (Å²) in [4.78, 5) is 25.2. The molecular formula is C26H22N6OS. The van der Waals surface area contributed by atoms with E-state index < -0.39 is 0 Å². The number of hydrogen-bond donors (Lipinski definition) is 3. The summed E-state index contributed by atoms with van der Waals surface area (Å²) < 4.78 is 0. The summed E-state index contributed by atoms with van der Waals surface area (Å²) >= 11 is 5.29. The molecule has 0 saturated carbocycles. The summed E-state index contributed by atoms with van der Waals surface area (Å²) in [6, 6.07) is 20.9. The third-order valence-electron chi connectivity index (χ3n) is 4.82. The number of rotatable bonds is 6. The zero-order chi connectivity index (χ0) is 23.8. The van der Waals surface area contributed by atoms with Crippen LogP contribution in [0, 0.1) is 6.92 Å². The average molecular weight is 467 g/mol. The molecule has 0 aliphatic carbocycles. The summed E-state index contributed by atoms with van der Waals surface area (Å²) in [6.07, 6.45) is 8.34. The summed E-state index contributed by atoms with van der Waals surface area (Å²) in [5.74, 6) is 0.149. The monoisotopic (exact) mass is 466 g/mol. The molecule has 0 aliphatic rings. The first-order valence-electron chi connectivity index (χ1n) is 10.5. The SMILES string of the molecule is Cc1ccc(NC(=S)NC(=O)/C=C/c2ccccc2)cc1Nc1nccc(-c2cccnc2)n1. The molecule has 168 valence electrons. The van der Waals surface area contributed by atoms with Crippen molar-refractivity contribution in [3.8, 4) is 11.3 Å². The number of pyridine rings is 1. The second-order valence-electron chi connectivity index (χ2n) is 7.35. The Bertz CT molecular complexity index is 1330. The number of aromatic nitrogens is 3. The molecule has 0 bridgehead atoms. The van der Waals surface area contributed by atoms with Crippen molar-refractivity contribution in [1.82, 2.24) is 20.3 Å². The number of nitrogens with zero attached hydrogens (tertiary/aromatic N) is 3. The lowest BCUT2D eigenvalue weighted by atomic mass is 10.2. The molecule has 2 heterocycles. The van der Waals surface area contributed by atoms with Crippen LogP contribution < -0.4 is 16.0 Å². The van der Waals surface area contributed by atoms with Crippen molar-refractivity contribution in [3.05, 3.63) is 103 Å². The van der Waals surface area contributed by atoms with Crippen LogP contribution >= 0.6 is 12.2 Å². The zero-order valence-corrected chi connectivity index (χ0v) is 19.2. The predicted molar refractivity (Wildman–Crippen MR) is 140 cm³/mol. The fourth-order valence-electron chi connectivity index (χ4n) is 3.10. The molecule has 34 heavy (non-hydrogen) atoms. The van der Waals surface area contributed by atoms with Crippen molar-refractivity contribution >= 4 is 46.6 Å². The Kier molecular flexibility index (Phi) is 7.32. The highest BCUT2D eigenvalue weighted by Crippen LogP contribution is 2.24. The fraction of sp³-hybridized carbons (Fsp3) is 0.0385. The molecule has 0 aliphatic heterocycles. The van der Waals surface area contributed by atoms with Gasteiger partial charge in [-0.15, -0.1) is 0 Å². The Hall–Kier alpha value is -4.43. The Balaban J connectivity index is 1.41. The number of aryl methyl sites for hydroxylation is 1. The van der Waals surface area contributed by atoms with Gasteiger partial charge in [0.1, 0.15) is 0 Å². The van der Waals surface area contributed by atoms with Gasteiger partial charge in [0.05, 0.1) is 5.69 Å². The molecule has 0 radical (unpaired) electrons. The van der Waals surface area contributed by atoms with Gasteiger partial charge in [-0.2, -0.15) is 0 Å². The van der Waals surface area contributed by atoms with E-state index in [1.54, 1.807) is 24.7 Å². The van der Waals surface area contributed by atoms with Gasteiger partial charge in [-0.1, -0.05) is 36.4 Å². The molecule has 8 heteroatoms. The molecule has 2 aromatic carbocycles. The molecule has 0 spiro atoms.